The first-order chi connectivity index (χ1) is 13.0. The lowest BCUT2D eigenvalue weighted by Crippen LogP contribution is -2.41. The lowest BCUT2D eigenvalue weighted by molar-refractivity contribution is -0.157. The Hall–Kier alpha value is -2.90. The van der Waals surface area contributed by atoms with Gasteiger partial charge >= 0.3 is 5.97 Å². The fourth-order valence-corrected chi connectivity index (χ4v) is 3.19. The lowest BCUT2D eigenvalue weighted by Gasteiger charge is -2.36. The van der Waals surface area contributed by atoms with E-state index >= 15 is 0 Å². The number of carboxylic acids is 1. The molecule has 2 aliphatic carbocycles. The standard InChI is InChI=1S/C19H21N3O5/c23-16(10-19(18(24)25)8-1-9-19)20-13-4-6-14(7-5-13)26-11-15-21-17(27-22-15)12-2-3-12/h4-7,12H,1-3,8-11H2,(H,20,23)(H,24,25). The van der Waals surface area contributed by atoms with Crippen molar-refractivity contribution < 1.29 is 24.0 Å². The molecule has 0 saturated heterocycles. The number of benzene rings is 1. The normalized spacial score (nSPS) is 17.8. The van der Waals surface area contributed by atoms with Gasteiger partial charge in [-0.1, -0.05) is 11.6 Å². The molecule has 0 spiro atoms. The highest BCUT2D eigenvalue weighted by Crippen LogP contribution is 2.44. The molecule has 0 bridgehead atoms. The Morgan fingerprint density at radius 3 is 2.59 bits per heavy atom. The zero-order chi connectivity index (χ0) is 18.9. The van der Waals surface area contributed by atoms with Crippen LogP contribution in [-0.4, -0.2) is 27.1 Å². The number of ether oxygens (including phenoxy) is 1. The highest BCUT2D eigenvalue weighted by atomic mass is 16.5. The molecule has 142 valence electrons. The van der Waals surface area contributed by atoms with Gasteiger partial charge < -0.3 is 19.7 Å². The molecule has 1 aromatic carbocycles. The minimum Gasteiger partial charge on any atom is -0.485 e. The molecule has 0 radical (unpaired) electrons. The molecule has 2 aromatic rings. The van der Waals surface area contributed by atoms with Crippen molar-refractivity contribution in [2.24, 2.45) is 5.41 Å². The van der Waals surface area contributed by atoms with Crippen molar-refractivity contribution in [2.75, 3.05) is 5.32 Å². The average Bonchev–Trinajstić information content (AvgIpc) is 3.36. The van der Waals surface area contributed by atoms with Crippen molar-refractivity contribution >= 4 is 17.6 Å². The van der Waals surface area contributed by atoms with Gasteiger partial charge in [-0.05, 0) is 49.9 Å². The second-order valence-corrected chi connectivity index (χ2v) is 7.30. The summed E-state index contributed by atoms with van der Waals surface area (Å²) in [5.41, 5.74) is -0.292. The molecular weight excluding hydrogens is 350 g/mol. The molecule has 0 unspecified atom stereocenters. The summed E-state index contributed by atoms with van der Waals surface area (Å²) in [5, 5.41) is 16.0. The first-order valence-corrected chi connectivity index (χ1v) is 9.13. The summed E-state index contributed by atoms with van der Waals surface area (Å²) >= 11 is 0. The van der Waals surface area contributed by atoms with Gasteiger partial charge in [0.15, 0.2) is 6.61 Å². The summed E-state index contributed by atoms with van der Waals surface area (Å²) in [5.74, 6) is 1.04. The van der Waals surface area contributed by atoms with E-state index in [1.165, 1.54) is 0 Å². The Kier molecular flexibility index (Phi) is 4.55. The molecule has 8 nitrogen and oxygen atoms in total. The smallest absolute Gasteiger partial charge is 0.310 e. The number of carbonyl (C=O) groups excluding carboxylic acids is 1. The molecule has 2 saturated carbocycles. The third-order valence-corrected chi connectivity index (χ3v) is 5.18. The first-order valence-electron chi connectivity index (χ1n) is 9.13. The van der Waals surface area contributed by atoms with E-state index in [-0.39, 0.29) is 18.9 Å². The third-order valence-electron chi connectivity index (χ3n) is 5.18. The number of rotatable bonds is 8. The van der Waals surface area contributed by atoms with Crippen molar-refractivity contribution in [1.29, 1.82) is 0 Å². The van der Waals surface area contributed by atoms with Gasteiger partial charge in [0, 0.05) is 18.0 Å². The van der Waals surface area contributed by atoms with E-state index in [4.69, 9.17) is 9.26 Å². The maximum absolute atomic E-state index is 12.2. The van der Waals surface area contributed by atoms with Crippen LogP contribution in [0.15, 0.2) is 28.8 Å². The quantitative estimate of drug-likeness (QED) is 0.732. The van der Waals surface area contributed by atoms with Crippen LogP contribution in [0, 0.1) is 5.41 Å². The summed E-state index contributed by atoms with van der Waals surface area (Å²) in [6.07, 6.45) is 4.17. The monoisotopic (exact) mass is 371 g/mol. The van der Waals surface area contributed by atoms with Gasteiger partial charge in [-0.3, -0.25) is 9.59 Å². The second kappa shape index (κ2) is 7.02. The maximum Gasteiger partial charge on any atom is 0.310 e. The molecule has 2 fully saturated rings. The van der Waals surface area contributed by atoms with E-state index in [9.17, 15) is 14.7 Å². The van der Waals surface area contributed by atoms with Crippen LogP contribution < -0.4 is 10.1 Å². The fraction of sp³-hybridized carbons (Fsp3) is 0.474. The Bertz CT molecular complexity index is 837. The number of amides is 1. The SMILES string of the molecule is O=C(CC1(C(=O)O)CCC1)Nc1ccc(OCc2noc(C3CC3)n2)cc1. The molecule has 2 aliphatic rings. The van der Waals surface area contributed by atoms with Gasteiger partial charge in [0.05, 0.1) is 5.41 Å². The molecule has 8 heteroatoms. The van der Waals surface area contributed by atoms with Crippen LogP contribution in [0.4, 0.5) is 5.69 Å². The number of carbonyl (C=O) groups is 2. The first kappa shape index (κ1) is 17.5. The topological polar surface area (TPSA) is 115 Å². The van der Waals surface area contributed by atoms with Crippen molar-refractivity contribution in [3.05, 3.63) is 36.0 Å². The fourth-order valence-electron chi connectivity index (χ4n) is 3.19. The van der Waals surface area contributed by atoms with Crippen LogP contribution >= 0.6 is 0 Å². The van der Waals surface area contributed by atoms with Gasteiger partial charge in [-0.25, -0.2) is 0 Å². The maximum atomic E-state index is 12.2. The molecule has 27 heavy (non-hydrogen) atoms. The van der Waals surface area contributed by atoms with E-state index in [0.29, 0.717) is 41.9 Å². The number of hydrogen-bond donors (Lipinski definition) is 2. The summed E-state index contributed by atoms with van der Waals surface area (Å²) in [6.45, 7) is 0.211. The molecule has 2 N–H and O–H groups in total. The van der Waals surface area contributed by atoms with Crippen molar-refractivity contribution in [3.8, 4) is 5.75 Å². The van der Waals surface area contributed by atoms with Gasteiger partial charge in [-0.15, -0.1) is 0 Å². The number of aliphatic carboxylic acids is 1. The molecular formula is C19H21N3O5. The molecule has 1 amide bonds. The highest BCUT2D eigenvalue weighted by molar-refractivity contribution is 5.94. The third kappa shape index (κ3) is 3.94. The van der Waals surface area contributed by atoms with Gasteiger partial charge in [0.1, 0.15) is 5.75 Å². The van der Waals surface area contributed by atoms with E-state index in [2.05, 4.69) is 15.5 Å². The number of anilines is 1. The lowest BCUT2D eigenvalue weighted by atomic mass is 9.66. The predicted molar refractivity (Wildman–Crippen MR) is 94.2 cm³/mol. The van der Waals surface area contributed by atoms with Crippen LogP contribution in [0.25, 0.3) is 0 Å². The van der Waals surface area contributed by atoms with E-state index < -0.39 is 11.4 Å². The summed E-state index contributed by atoms with van der Waals surface area (Å²) in [7, 11) is 0. The number of aromatic nitrogens is 2. The second-order valence-electron chi connectivity index (χ2n) is 7.30. The molecule has 0 atom stereocenters. The average molecular weight is 371 g/mol. The van der Waals surface area contributed by atoms with Crippen LogP contribution in [0.2, 0.25) is 0 Å². The zero-order valence-corrected chi connectivity index (χ0v) is 14.8. The van der Waals surface area contributed by atoms with Gasteiger partial charge in [-0.2, -0.15) is 4.98 Å². The van der Waals surface area contributed by atoms with E-state index in [0.717, 1.165) is 19.3 Å². The number of nitrogens with zero attached hydrogens (tertiary/aromatic N) is 2. The minimum absolute atomic E-state index is 0.00173. The van der Waals surface area contributed by atoms with Crippen LogP contribution in [0.5, 0.6) is 5.75 Å². The largest absolute Gasteiger partial charge is 0.485 e. The van der Waals surface area contributed by atoms with Crippen LogP contribution in [-0.2, 0) is 16.2 Å². The van der Waals surface area contributed by atoms with Gasteiger partial charge in [0.2, 0.25) is 17.6 Å². The molecule has 1 heterocycles. The Morgan fingerprint density at radius 1 is 1.26 bits per heavy atom. The van der Waals surface area contributed by atoms with Crippen molar-refractivity contribution in [1.82, 2.24) is 10.1 Å². The van der Waals surface area contributed by atoms with Crippen LogP contribution in [0.3, 0.4) is 0 Å². The number of nitrogens with one attached hydrogen (secondary N) is 1. The van der Waals surface area contributed by atoms with E-state index in [1.807, 2.05) is 0 Å². The van der Waals surface area contributed by atoms with Crippen molar-refractivity contribution in [3.63, 3.8) is 0 Å². The number of hydrogen-bond acceptors (Lipinski definition) is 6. The van der Waals surface area contributed by atoms with Crippen molar-refractivity contribution in [2.45, 2.75) is 51.0 Å². The van der Waals surface area contributed by atoms with Gasteiger partial charge in [0.25, 0.3) is 0 Å². The van der Waals surface area contributed by atoms with Crippen LogP contribution in [0.1, 0.15) is 56.2 Å². The summed E-state index contributed by atoms with van der Waals surface area (Å²) in [4.78, 5) is 27.8. The Morgan fingerprint density at radius 2 is 2.00 bits per heavy atom. The minimum atomic E-state index is -0.892. The predicted octanol–water partition coefficient (Wildman–Crippen LogP) is 3.11. The Balaban J connectivity index is 1.27. The Labute approximate surface area is 155 Å². The molecule has 1 aromatic heterocycles. The molecule has 4 rings (SSSR count). The number of carboxylic acid groups (broad SMARTS) is 1. The summed E-state index contributed by atoms with van der Waals surface area (Å²) < 4.78 is 10.8. The zero-order valence-electron chi connectivity index (χ0n) is 14.8. The molecule has 0 aliphatic heterocycles. The van der Waals surface area contributed by atoms with E-state index in [1.54, 1.807) is 24.3 Å². The highest BCUT2D eigenvalue weighted by Gasteiger charge is 2.45. The summed E-state index contributed by atoms with van der Waals surface area (Å²) in [6, 6.07) is 6.89.